The molecule has 0 spiro atoms. The fourth-order valence-corrected chi connectivity index (χ4v) is 2.82. The Kier molecular flexibility index (Phi) is 3.47. The summed E-state index contributed by atoms with van der Waals surface area (Å²) in [4.78, 5) is 11.3. The Morgan fingerprint density at radius 1 is 1.45 bits per heavy atom. The molecule has 2 atom stereocenters. The molecule has 1 N–H and O–H groups in total. The highest BCUT2D eigenvalue weighted by Gasteiger charge is 2.39. The standard InChI is InChI=1S/C16H21N3O/c1-3-16(20)17-9-11-8-13(11)12-6-5-7-15-14(12)10-19(4-2)18-15/h5-7,10-11,13H,3-4,8-9H2,1-2H3,(H,17,20). The highest BCUT2D eigenvalue weighted by Crippen LogP contribution is 2.48. The lowest BCUT2D eigenvalue weighted by atomic mass is 10.0. The Hall–Kier alpha value is -1.84. The molecule has 20 heavy (non-hydrogen) atoms. The van der Waals surface area contributed by atoms with Crippen LogP contribution >= 0.6 is 0 Å². The molecule has 1 aliphatic rings. The predicted molar refractivity (Wildman–Crippen MR) is 79.6 cm³/mol. The number of rotatable bonds is 5. The molecular weight excluding hydrogens is 250 g/mol. The summed E-state index contributed by atoms with van der Waals surface area (Å²) >= 11 is 0. The predicted octanol–water partition coefficient (Wildman–Crippen LogP) is 2.69. The molecule has 1 fully saturated rings. The average Bonchev–Trinajstić information content (AvgIpc) is 3.12. The summed E-state index contributed by atoms with van der Waals surface area (Å²) in [6, 6.07) is 6.36. The van der Waals surface area contributed by atoms with Gasteiger partial charge in [0.1, 0.15) is 0 Å². The highest BCUT2D eigenvalue weighted by atomic mass is 16.1. The van der Waals surface area contributed by atoms with E-state index in [2.05, 4.69) is 41.7 Å². The molecule has 2 unspecified atom stereocenters. The third-order valence-corrected chi connectivity index (χ3v) is 4.16. The summed E-state index contributed by atoms with van der Waals surface area (Å²) in [5.74, 6) is 1.30. The molecule has 1 saturated carbocycles. The molecule has 0 bridgehead atoms. The normalized spacial score (nSPS) is 21.1. The maximum atomic E-state index is 11.3. The van der Waals surface area contributed by atoms with Crippen molar-refractivity contribution in [3.8, 4) is 0 Å². The van der Waals surface area contributed by atoms with Crippen LogP contribution in [-0.2, 0) is 11.3 Å². The second kappa shape index (κ2) is 5.27. The minimum Gasteiger partial charge on any atom is -0.356 e. The number of nitrogens with zero attached hydrogens (tertiary/aromatic N) is 2. The van der Waals surface area contributed by atoms with Gasteiger partial charge in [-0.3, -0.25) is 9.48 Å². The Balaban J connectivity index is 1.75. The van der Waals surface area contributed by atoms with Crippen LogP contribution in [0.2, 0.25) is 0 Å². The van der Waals surface area contributed by atoms with E-state index in [-0.39, 0.29) is 5.91 Å². The molecule has 0 saturated heterocycles. The van der Waals surface area contributed by atoms with Gasteiger partial charge in [0.05, 0.1) is 5.52 Å². The summed E-state index contributed by atoms with van der Waals surface area (Å²) in [7, 11) is 0. The zero-order valence-electron chi connectivity index (χ0n) is 12.1. The number of hydrogen-bond donors (Lipinski definition) is 1. The Morgan fingerprint density at radius 2 is 2.30 bits per heavy atom. The van der Waals surface area contributed by atoms with Crippen LogP contribution in [0.25, 0.3) is 10.9 Å². The van der Waals surface area contributed by atoms with Gasteiger partial charge in [-0.25, -0.2) is 0 Å². The zero-order valence-corrected chi connectivity index (χ0v) is 12.1. The van der Waals surface area contributed by atoms with Gasteiger partial charge in [-0.1, -0.05) is 19.1 Å². The van der Waals surface area contributed by atoms with Gasteiger partial charge in [-0.15, -0.1) is 0 Å². The smallest absolute Gasteiger partial charge is 0.219 e. The number of nitrogens with one attached hydrogen (secondary N) is 1. The molecule has 0 aliphatic heterocycles. The molecule has 1 aliphatic carbocycles. The molecule has 4 heteroatoms. The van der Waals surface area contributed by atoms with E-state index in [9.17, 15) is 4.79 Å². The van der Waals surface area contributed by atoms with Crippen molar-refractivity contribution in [1.82, 2.24) is 15.1 Å². The Bertz CT molecular complexity index is 632. The van der Waals surface area contributed by atoms with Crippen molar-refractivity contribution in [3.63, 3.8) is 0 Å². The van der Waals surface area contributed by atoms with Gasteiger partial charge < -0.3 is 5.32 Å². The van der Waals surface area contributed by atoms with Gasteiger partial charge in [0, 0.05) is 31.1 Å². The molecule has 1 amide bonds. The minimum absolute atomic E-state index is 0.146. The third-order valence-electron chi connectivity index (χ3n) is 4.16. The monoisotopic (exact) mass is 271 g/mol. The molecular formula is C16H21N3O. The topological polar surface area (TPSA) is 46.9 Å². The first-order valence-electron chi connectivity index (χ1n) is 7.45. The van der Waals surface area contributed by atoms with Gasteiger partial charge in [0.25, 0.3) is 0 Å². The minimum atomic E-state index is 0.146. The number of hydrogen-bond acceptors (Lipinski definition) is 2. The first-order valence-corrected chi connectivity index (χ1v) is 7.45. The van der Waals surface area contributed by atoms with Crippen LogP contribution in [0.1, 0.15) is 38.2 Å². The molecule has 2 aromatic rings. The van der Waals surface area contributed by atoms with Gasteiger partial charge in [0.2, 0.25) is 5.91 Å². The summed E-state index contributed by atoms with van der Waals surface area (Å²) in [5, 5.41) is 8.83. The van der Waals surface area contributed by atoms with Crippen molar-refractivity contribution in [2.24, 2.45) is 5.92 Å². The number of aromatic nitrogens is 2. The fraction of sp³-hybridized carbons (Fsp3) is 0.500. The average molecular weight is 271 g/mol. The maximum absolute atomic E-state index is 11.3. The Morgan fingerprint density at radius 3 is 3.05 bits per heavy atom. The number of carbonyl (C=O) groups excluding carboxylic acids is 1. The van der Waals surface area contributed by atoms with E-state index >= 15 is 0 Å². The zero-order chi connectivity index (χ0) is 14.1. The number of fused-ring (bicyclic) bond motifs is 1. The number of amides is 1. The number of benzene rings is 1. The van der Waals surface area contributed by atoms with E-state index in [1.54, 1.807) is 0 Å². The second-order valence-corrected chi connectivity index (χ2v) is 5.52. The highest BCUT2D eigenvalue weighted by molar-refractivity contribution is 5.83. The van der Waals surface area contributed by atoms with Crippen LogP contribution in [0.5, 0.6) is 0 Å². The van der Waals surface area contributed by atoms with Gasteiger partial charge >= 0.3 is 0 Å². The van der Waals surface area contributed by atoms with E-state index in [1.165, 1.54) is 17.4 Å². The number of aryl methyl sites for hydroxylation is 1. The van der Waals surface area contributed by atoms with Crippen LogP contribution in [0.3, 0.4) is 0 Å². The number of carbonyl (C=O) groups is 1. The van der Waals surface area contributed by atoms with Crippen molar-refractivity contribution < 1.29 is 4.79 Å². The van der Waals surface area contributed by atoms with Crippen molar-refractivity contribution in [2.75, 3.05) is 6.54 Å². The quantitative estimate of drug-likeness (QED) is 0.909. The summed E-state index contributed by atoms with van der Waals surface area (Å²) in [6.45, 7) is 5.69. The van der Waals surface area contributed by atoms with Gasteiger partial charge in [0.15, 0.2) is 0 Å². The van der Waals surface area contributed by atoms with Gasteiger partial charge in [-0.05, 0) is 36.8 Å². The molecule has 4 nitrogen and oxygen atoms in total. The van der Waals surface area contributed by atoms with Crippen LogP contribution in [-0.4, -0.2) is 22.2 Å². The van der Waals surface area contributed by atoms with Crippen molar-refractivity contribution in [1.29, 1.82) is 0 Å². The van der Waals surface area contributed by atoms with Crippen LogP contribution in [0.4, 0.5) is 0 Å². The molecule has 3 rings (SSSR count). The first kappa shape index (κ1) is 13.2. The fourth-order valence-electron chi connectivity index (χ4n) is 2.82. The molecule has 106 valence electrons. The largest absolute Gasteiger partial charge is 0.356 e. The van der Waals surface area contributed by atoms with Crippen molar-refractivity contribution in [2.45, 2.75) is 39.2 Å². The third kappa shape index (κ3) is 2.42. The molecule has 0 radical (unpaired) electrons. The SMILES string of the molecule is CCC(=O)NCC1CC1c1cccc2nn(CC)cc12. The lowest BCUT2D eigenvalue weighted by Gasteiger charge is -2.04. The van der Waals surface area contributed by atoms with E-state index in [0.717, 1.165) is 18.6 Å². The van der Waals surface area contributed by atoms with Gasteiger partial charge in [-0.2, -0.15) is 5.10 Å². The van der Waals surface area contributed by atoms with Crippen molar-refractivity contribution in [3.05, 3.63) is 30.0 Å². The van der Waals surface area contributed by atoms with Crippen LogP contribution in [0, 0.1) is 5.92 Å². The lowest BCUT2D eigenvalue weighted by Crippen LogP contribution is -2.24. The summed E-state index contributed by atoms with van der Waals surface area (Å²) in [6.07, 6.45) is 3.88. The Labute approximate surface area is 119 Å². The molecule has 1 aromatic carbocycles. The molecule has 1 heterocycles. The van der Waals surface area contributed by atoms with E-state index < -0.39 is 0 Å². The van der Waals surface area contributed by atoms with Crippen LogP contribution in [0.15, 0.2) is 24.4 Å². The van der Waals surface area contributed by atoms with Crippen LogP contribution < -0.4 is 5.32 Å². The second-order valence-electron chi connectivity index (χ2n) is 5.52. The lowest BCUT2D eigenvalue weighted by molar-refractivity contribution is -0.120. The molecule has 1 aromatic heterocycles. The first-order chi connectivity index (χ1) is 9.72. The van der Waals surface area contributed by atoms with E-state index in [1.807, 2.05) is 11.6 Å². The summed E-state index contributed by atoms with van der Waals surface area (Å²) < 4.78 is 1.99. The van der Waals surface area contributed by atoms with Crippen molar-refractivity contribution >= 4 is 16.8 Å². The maximum Gasteiger partial charge on any atom is 0.219 e. The van der Waals surface area contributed by atoms with E-state index in [4.69, 9.17) is 0 Å². The summed E-state index contributed by atoms with van der Waals surface area (Å²) in [5.41, 5.74) is 2.46. The van der Waals surface area contributed by atoms with E-state index in [0.29, 0.717) is 18.3 Å².